The lowest BCUT2D eigenvalue weighted by molar-refractivity contribution is 0.102. The van der Waals surface area contributed by atoms with Gasteiger partial charge in [0, 0.05) is 24.0 Å². The molecule has 1 amide bonds. The number of hydrogen-bond acceptors (Lipinski definition) is 4. The van der Waals surface area contributed by atoms with E-state index in [1.54, 1.807) is 30.5 Å². The van der Waals surface area contributed by atoms with Gasteiger partial charge in [0.15, 0.2) is 0 Å². The van der Waals surface area contributed by atoms with Gasteiger partial charge in [-0.3, -0.25) is 14.5 Å². The molecule has 0 spiro atoms. The number of aromatic nitrogens is 1. The predicted octanol–water partition coefficient (Wildman–Crippen LogP) is 4.68. The van der Waals surface area contributed by atoms with Crippen molar-refractivity contribution >= 4 is 51.0 Å². The molecule has 176 valence electrons. The fraction of sp³-hybridized carbons (Fsp3) is 0.208. The van der Waals surface area contributed by atoms with E-state index >= 15 is 0 Å². The largest absolute Gasteiger partial charge is 0.360 e. The molecule has 0 atom stereocenters. The highest BCUT2D eigenvalue weighted by Gasteiger charge is 2.25. The smallest absolute Gasteiger partial charge is 0.257 e. The van der Waals surface area contributed by atoms with Crippen LogP contribution >= 0.6 is 11.6 Å². The van der Waals surface area contributed by atoms with E-state index in [1.807, 2.05) is 18.2 Å². The molecule has 8 nitrogen and oxygen atoms in total. The van der Waals surface area contributed by atoms with E-state index in [-0.39, 0.29) is 16.3 Å². The summed E-state index contributed by atoms with van der Waals surface area (Å²) in [6.45, 7) is 0.400. The van der Waals surface area contributed by atoms with Gasteiger partial charge < -0.3 is 10.3 Å². The summed E-state index contributed by atoms with van der Waals surface area (Å²) in [5.41, 5.74) is 3.26. The van der Waals surface area contributed by atoms with Crippen LogP contribution in [-0.4, -0.2) is 43.7 Å². The number of halogens is 1. The zero-order chi connectivity index (χ0) is 24.1. The molecule has 4 rings (SSSR count). The van der Waals surface area contributed by atoms with Crippen molar-refractivity contribution in [2.45, 2.75) is 19.3 Å². The minimum atomic E-state index is -3.40. The number of carbonyl (C=O) groups is 1. The first-order valence-electron chi connectivity index (χ1n) is 10.8. The van der Waals surface area contributed by atoms with Crippen LogP contribution in [0.3, 0.4) is 0 Å². The van der Waals surface area contributed by atoms with Crippen LogP contribution in [0.25, 0.3) is 0 Å². The number of rotatable bonds is 6. The van der Waals surface area contributed by atoms with Crippen LogP contribution in [0, 0.1) is 5.41 Å². The van der Waals surface area contributed by atoms with Crippen molar-refractivity contribution in [3.05, 3.63) is 82.6 Å². The Morgan fingerprint density at radius 2 is 1.97 bits per heavy atom. The van der Waals surface area contributed by atoms with Crippen LogP contribution in [0.5, 0.6) is 0 Å². The molecule has 2 heterocycles. The van der Waals surface area contributed by atoms with Gasteiger partial charge in [-0.2, -0.15) is 0 Å². The van der Waals surface area contributed by atoms with Gasteiger partial charge in [0.2, 0.25) is 10.0 Å². The Morgan fingerprint density at radius 3 is 2.71 bits per heavy atom. The third-order valence-electron chi connectivity index (χ3n) is 5.53. The highest BCUT2D eigenvalue weighted by Crippen LogP contribution is 2.28. The number of carbonyl (C=O) groups excluding carboxylic acids is 1. The Bertz CT molecular complexity index is 1340. The lowest BCUT2D eigenvalue weighted by Crippen LogP contribution is -2.32. The van der Waals surface area contributed by atoms with E-state index in [2.05, 4.69) is 15.3 Å². The van der Waals surface area contributed by atoms with Gasteiger partial charge in [-0.1, -0.05) is 30.2 Å². The minimum absolute atomic E-state index is 0.106. The Hall–Kier alpha value is -3.43. The molecule has 1 aliphatic rings. The Balaban J connectivity index is 1.56. The highest BCUT2D eigenvalue weighted by atomic mass is 35.5. The normalized spacial score (nSPS) is 16.0. The van der Waals surface area contributed by atoms with Gasteiger partial charge in [-0.15, -0.1) is 0 Å². The number of anilines is 2. The highest BCUT2D eigenvalue weighted by molar-refractivity contribution is 7.92. The second-order valence-electron chi connectivity index (χ2n) is 7.84. The third kappa shape index (κ3) is 5.21. The van der Waals surface area contributed by atoms with Crippen molar-refractivity contribution in [3.63, 3.8) is 0 Å². The van der Waals surface area contributed by atoms with E-state index in [1.165, 1.54) is 16.4 Å². The summed E-state index contributed by atoms with van der Waals surface area (Å²) in [6, 6.07) is 15.5. The maximum atomic E-state index is 12.9. The molecular weight excluding hydrogens is 474 g/mol. The van der Waals surface area contributed by atoms with Crippen LogP contribution in [-0.2, 0) is 10.0 Å². The van der Waals surface area contributed by atoms with Crippen LogP contribution in [0.1, 0.15) is 40.9 Å². The summed E-state index contributed by atoms with van der Waals surface area (Å²) < 4.78 is 26.5. The second-order valence-corrected chi connectivity index (χ2v) is 10.3. The van der Waals surface area contributed by atoms with Gasteiger partial charge in [0.1, 0.15) is 6.34 Å². The SMILES string of the molecule is N=CN=C(c1cccc(NC(=O)c2ccc(N3CCCCCS3(=O)=O)cc2Cl)c1)c1ccc[nH]1. The number of nitrogens with zero attached hydrogens (tertiary/aromatic N) is 2. The molecule has 2 aromatic carbocycles. The number of sulfonamides is 1. The lowest BCUT2D eigenvalue weighted by Gasteiger charge is -2.22. The molecule has 0 aliphatic carbocycles. The lowest BCUT2D eigenvalue weighted by atomic mass is 10.1. The third-order valence-corrected chi connectivity index (χ3v) is 7.71. The van der Waals surface area contributed by atoms with E-state index in [4.69, 9.17) is 17.0 Å². The van der Waals surface area contributed by atoms with Crippen molar-refractivity contribution < 1.29 is 13.2 Å². The maximum absolute atomic E-state index is 12.9. The zero-order valence-corrected chi connectivity index (χ0v) is 19.9. The van der Waals surface area contributed by atoms with Crippen molar-refractivity contribution in [1.82, 2.24) is 4.98 Å². The van der Waals surface area contributed by atoms with Gasteiger partial charge in [-0.05, 0) is 55.3 Å². The standard InChI is InChI=1S/C24H24ClN5O3S/c25-21-15-19(30-12-2-1-3-13-34(30,32)33)9-10-20(21)24(31)29-18-7-4-6-17(14-18)23(28-16-26)22-8-5-11-27-22/h4-11,14-16,26-27H,1-3,12-13H2,(H,29,31). The van der Waals surface area contributed by atoms with E-state index in [0.29, 0.717) is 30.1 Å². The summed E-state index contributed by atoms with van der Waals surface area (Å²) in [5, 5.41) is 10.4. The molecule has 1 aliphatic heterocycles. The van der Waals surface area contributed by atoms with Crippen LogP contribution in [0.15, 0.2) is 65.8 Å². The Labute approximate surface area is 203 Å². The molecule has 3 aromatic rings. The monoisotopic (exact) mass is 497 g/mol. The molecule has 0 saturated carbocycles. The molecule has 1 saturated heterocycles. The molecule has 3 N–H and O–H groups in total. The quantitative estimate of drug-likeness (QED) is 0.338. The molecule has 10 heteroatoms. The zero-order valence-electron chi connectivity index (χ0n) is 18.3. The fourth-order valence-corrected chi connectivity index (χ4v) is 5.78. The average molecular weight is 498 g/mol. The predicted molar refractivity (Wildman–Crippen MR) is 136 cm³/mol. The van der Waals surface area contributed by atoms with Crippen molar-refractivity contribution in [2.24, 2.45) is 4.99 Å². The van der Waals surface area contributed by atoms with E-state index in [9.17, 15) is 13.2 Å². The summed E-state index contributed by atoms with van der Waals surface area (Å²) in [7, 11) is -3.40. The molecule has 0 unspecified atom stereocenters. The summed E-state index contributed by atoms with van der Waals surface area (Å²) in [4.78, 5) is 20.2. The molecule has 0 radical (unpaired) electrons. The number of H-pyrrole nitrogens is 1. The van der Waals surface area contributed by atoms with E-state index in [0.717, 1.165) is 30.4 Å². The molecule has 1 fully saturated rings. The Morgan fingerprint density at radius 1 is 1.12 bits per heavy atom. The molecular formula is C24H24ClN5O3S. The number of hydrogen-bond donors (Lipinski definition) is 3. The van der Waals surface area contributed by atoms with Crippen LogP contribution in [0.2, 0.25) is 5.02 Å². The molecule has 1 aromatic heterocycles. The van der Waals surface area contributed by atoms with Crippen molar-refractivity contribution in [3.8, 4) is 0 Å². The maximum Gasteiger partial charge on any atom is 0.257 e. The van der Waals surface area contributed by atoms with Crippen LogP contribution < -0.4 is 9.62 Å². The topological polar surface area (TPSA) is 118 Å². The van der Waals surface area contributed by atoms with Gasteiger partial charge >= 0.3 is 0 Å². The molecule has 34 heavy (non-hydrogen) atoms. The number of nitrogens with one attached hydrogen (secondary N) is 3. The number of benzene rings is 2. The summed E-state index contributed by atoms with van der Waals surface area (Å²) >= 11 is 6.40. The fourth-order valence-electron chi connectivity index (χ4n) is 3.88. The summed E-state index contributed by atoms with van der Waals surface area (Å²) in [6.07, 6.45) is 5.01. The van der Waals surface area contributed by atoms with Gasteiger partial charge in [-0.25, -0.2) is 13.4 Å². The van der Waals surface area contributed by atoms with Gasteiger partial charge in [0.05, 0.1) is 33.4 Å². The summed E-state index contributed by atoms with van der Waals surface area (Å²) in [5.74, 6) is -0.313. The number of aromatic amines is 1. The number of amides is 1. The van der Waals surface area contributed by atoms with Gasteiger partial charge in [0.25, 0.3) is 5.91 Å². The first-order chi connectivity index (χ1) is 16.4. The van der Waals surface area contributed by atoms with E-state index < -0.39 is 15.9 Å². The molecule has 0 bridgehead atoms. The first kappa shape index (κ1) is 23.7. The first-order valence-corrected chi connectivity index (χ1v) is 12.8. The Kier molecular flexibility index (Phi) is 7.14. The van der Waals surface area contributed by atoms with Crippen molar-refractivity contribution in [1.29, 1.82) is 5.41 Å². The van der Waals surface area contributed by atoms with Crippen molar-refractivity contribution in [2.75, 3.05) is 21.9 Å². The average Bonchev–Trinajstić information content (AvgIpc) is 3.27. The number of aliphatic imine (C=N–C) groups is 1. The minimum Gasteiger partial charge on any atom is -0.360 e. The second kappa shape index (κ2) is 10.2. The van der Waals surface area contributed by atoms with Crippen LogP contribution in [0.4, 0.5) is 11.4 Å².